The van der Waals surface area contributed by atoms with Gasteiger partial charge in [-0.3, -0.25) is 9.59 Å². The molecular weight excluding hydrogens is 392 g/mol. The average Bonchev–Trinajstić information content (AvgIpc) is 3.23. The highest BCUT2D eigenvalue weighted by Crippen LogP contribution is 2.29. The van der Waals surface area contributed by atoms with E-state index in [1.807, 2.05) is 12.1 Å². The minimum absolute atomic E-state index is 0.151. The third-order valence-electron chi connectivity index (χ3n) is 3.80. The highest BCUT2D eigenvalue weighted by Gasteiger charge is 2.05. The van der Waals surface area contributed by atoms with Crippen molar-refractivity contribution in [3.05, 3.63) is 83.8 Å². The van der Waals surface area contributed by atoms with Crippen LogP contribution in [0.2, 0.25) is 5.02 Å². The molecule has 6 nitrogen and oxygen atoms in total. The molecule has 0 unspecified atom stereocenters. The van der Waals surface area contributed by atoms with E-state index in [2.05, 4.69) is 10.6 Å². The van der Waals surface area contributed by atoms with Crippen molar-refractivity contribution in [2.24, 2.45) is 0 Å². The molecule has 7 heteroatoms. The van der Waals surface area contributed by atoms with Gasteiger partial charge in [-0.05, 0) is 54.6 Å². The van der Waals surface area contributed by atoms with Crippen molar-refractivity contribution in [3.63, 3.8) is 0 Å². The Hall–Kier alpha value is -3.51. The lowest BCUT2D eigenvalue weighted by molar-refractivity contribution is -0.117. The van der Waals surface area contributed by atoms with E-state index in [-0.39, 0.29) is 24.8 Å². The summed E-state index contributed by atoms with van der Waals surface area (Å²) >= 11 is 6.07. The number of para-hydroxylation sites is 1. The molecule has 0 aliphatic rings. The molecule has 2 amide bonds. The lowest BCUT2D eigenvalue weighted by atomic mass is 10.3. The molecule has 0 aliphatic heterocycles. The largest absolute Gasteiger partial charge is 0.465 e. The molecular formula is C22H19ClN2O4. The second-order valence-corrected chi connectivity index (χ2v) is 6.40. The van der Waals surface area contributed by atoms with Crippen LogP contribution in [0.5, 0.6) is 11.5 Å². The van der Waals surface area contributed by atoms with Crippen molar-refractivity contribution in [1.82, 2.24) is 5.32 Å². The van der Waals surface area contributed by atoms with E-state index in [9.17, 15) is 9.59 Å². The first-order chi connectivity index (χ1) is 14.1. The minimum atomic E-state index is -0.296. The van der Waals surface area contributed by atoms with E-state index < -0.39 is 0 Å². The summed E-state index contributed by atoms with van der Waals surface area (Å²) in [6, 6.07) is 17.6. The van der Waals surface area contributed by atoms with Crippen molar-refractivity contribution < 1.29 is 18.7 Å². The van der Waals surface area contributed by atoms with E-state index in [1.54, 1.807) is 54.6 Å². The Labute approximate surface area is 173 Å². The number of carbonyl (C=O) groups is 2. The first-order valence-corrected chi connectivity index (χ1v) is 9.30. The van der Waals surface area contributed by atoms with Crippen molar-refractivity contribution in [2.75, 3.05) is 11.9 Å². The summed E-state index contributed by atoms with van der Waals surface area (Å²) < 4.78 is 10.8. The topological polar surface area (TPSA) is 80.6 Å². The van der Waals surface area contributed by atoms with Crippen LogP contribution < -0.4 is 15.4 Å². The van der Waals surface area contributed by atoms with Crippen LogP contribution in [-0.4, -0.2) is 18.4 Å². The van der Waals surface area contributed by atoms with E-state index >= 15 is 0 Å². The van der Waals surface area contributed by atoms with Crippen LogP contribution >= 0.6 is 11.6 Å². The molecule has 0 spiro atoms. The normalized spacial score (nSPS) is 10.7. The number of benzene rings is 2. The maximum absolute atomic E-state index is 12.0. The molecule has 0 fully saturated rings. The zero-order valence-corrected chi connectivity index (χ0v) is 16.2. The van der Waals surface area contributed by atoms with Crippen molar-refractivity contribution in [1.29, 1.82) is 0 Å². The van der Waals surface area contributed by atoms with Crippen LogP contribution in [0.4, 0.5) is 5.69 Å². The van der Waals surface area contributed by atoms with Gasteiger partial charge in [-0.1, -0.05) is 23.7 Å². The van der Waals surface area contributed by atoms with Crippen LogP contribution in [0.1, 0.15) is 12.2 Å². The molecule has 3 aromatic rings. The summed E-state index contributed by atoms with van der Waals surface area (Å²) in [7, 11) is 0. The number of rotatable bonds is 8. The average molecular weight is 411 g/mol. The number of amides is 2. The molecule has 0 saturated heterocycles. The summed E-state index contributed by atoms with van der Waals surface area (Å²) in [6.45, 7) is 0.223. The smallest absolute Gasteiger partial charge is 0.244 e. The fourth-order valence-corrected chi connectivity index (χ4v) is 2.56. The lowest BCUT2D eigenvalue weighted by Crippen LogP contribution is -2.26. The first-order valence-electron chi connectivity index (χ1n) is 8.92. The molecule has 2 N–H and O–H groups in total. The van der Waals surface area contributed by atoms with Gasteiger partial charge in [-0.2, -0.15) is 0 Å². The van der Waals surface area contributed by atoms with Gasteiger partial charge in [0.25, 0.3) is 0 Å². The van der Waals surface area contributed by atoms with Crippen molar-refractivity contribution in [2.45, 2.75) is 6.42 Å². The molecule has 148 valence electrons. The number of carbonyl (C=O) groups excluding carboxylic acids is 2. The highest BCUT2D eigenvalue weighted by molar-refractivity contribution is 6.32. The minimum Gasteiger partial charge on any atom is -0.465 e. The monoisotopic (exact) mass is 410 g/mol. The second kappa shape index (κ2) is 10.1. The summed E-state index contributed by atoms with van der Waals surface area (Å²) in [5.74, 6) is 1.24. The molecule has 0 atom stereocenters. The van der Waals surface area contributed by atoms with Crippen LogP contribution in [0.3, 0.4) is 0 Å². The summed E-state index contributed by atoms with van der Waals surface area (Å²) in [5, 5.41) is 5.93. The molecule has 1 heterocycles. The summed E-state index contributed by atoms with van der Waals surface area (Å²) in [4.78, 5) is 23.7. The number of hydrogen-bond donors (Lipinski definition) is 2. The van der Waals surface area contributed by atoms with Gasteiger partial charge in [-0.15, -0.1) is 0 Å². The molecule has 0 bridgehead atoms. The predicted molar refractivity (Wildman–Crippen MR) is 112 cm³/mol. The number of ether oxygens (including phenoxy) is 1. The van der Waals surface area contributed by atoms with Gasteiger partial charge >= 0.3 is 0 Å². The van der Waals surface area contributed by atoms with Crippen LogP contribution in [0.25, 0.3) is 6.08 Å². The molecule has 0 radical (unpaired) electrons. The number of furan rings is 1. The molecule has 2 aromatic carbocycles. The van der Waals surface area contributed by atoms with E-state index in [1.165, 1.54) is 12.3 Å². The maximum Gasteiger partial charge on any atom is 0.244 e. The number of hydrogen-bond acceptors (Lipinski definition) is 4. The van der Waals surface area contributed by atoms with Crippen molar-refractivity contribution in [3.8, 4) is 11.5 Å². The number of halogens is 1. The van der Waals surface area contributed by atoms with Gasteiger partial charge in [-0.25, -0.2) is 0 Å². The number of anilines is 1. The SMILES string of the molecule is O=C(/C=C/c1ccco1)NCCC(=O)Nc1ccc(Oc2ccccc2Cl)cc1. The van der Waals surface area contributed by atoms with E-state index in [0.29, 0.717) is 28.0 Å². The summed E-state index contributed by atoms with van der Waals surface area (Å²) in [6.07, 6.45) is 4.59. The Morgan fingerprint density at radius 1 is 1.03 bits per heavy atom. The molecule has 29 heavy (non-hydrogen) atoms. The molecule has 3 rings (SSSR count). The zero-order valence-electron chi connectivity index (χ0n) is 15.4. The Bertz CT molecular complexity index is 982. The molecule has 0 saturated carbocycles. The molecule has 0 aliphatic carbocycles. The van der Waals surface area contributed by atoms with Crippen LogP contribution in [0, 0.1) is 0 Å². The quantitative estimate of drug-likeness (QED) is 0.518. The van der Waals surface area contributed by atoms with Gasteiger partial charge in [0.1, 0.15) is 17.3 Å². The van der Waals surface area contributed by atoms with Gasteiger partial charge < -0.3 is 19.8 Å². The summed E-state index contributed by atoms with van der Waals surface area (Å²) in [5.41, 5.74) is 0.630. The lowest BCUT2D eigenvalue weighted by Gasteiger charge is -2.09. The fraction of sp³-hybridized carbons (Fsp3) is 0.0909. The Morgan fingerprint density at radius 3 is 2.55 bits per heavy atom. The van der Waals surface area contributed by atoms with Gasteiger partial charge in [0.15, 0.2) is 0 Å². The van der Waals surface area contributed by atoms with Gasteiger partial charge in [0, 0.05) is 24.7 Å². The highest BCUT2D eigenvalue weighted by atomic mass is 35.5. The van der Waals surface area contributed by atoms with E-state index in [0.717, 1.165) is 0 Å². The van der Waals surface area contributed by atoms with Gasteiger partial charge in [0.05, 0.1) is 11.3 Å². The zero-order chi connectivity index (χ0) is 20.5. The third kappa shape index (κ3) is 6.55. The number of nitrogens with one attached hydrogen (secondary N) is 2. The molecule has 1 aromatic heterocycles. The van der Waals surface area contributed by atoms with Crippen LogP contribution in [-0.2, 0) is 9.59 Å². The second-order valence-electron chi connectivity index (χ2n) is 5.99. The Balaban J connectivity index is 1.41. The fourth-order valence-electron chi connectivity index (χ4n) is 2.39. The first kappa shape index (κ1) is 20.2. The maximum atomic E-state index is 12.0. The van der Waals surface area contributed by atoms with Gasteiger partial charge in [0.2, 0.25) is 11.8 Å². The standard InChI is InChI=1S/C22H19ClN2O4/c23-19-5-1-2-6-20(19)29-18-9-7-16(8-10-18)25-22(27)13-14-24-21(26)12-11-17-4-3-15-28-17/h1-12,15H,13-14H2,(H,24,26)(H,25,27)/b12-11+. The van der Waals surface area contributed by atoms with E-state index in [4.69, 9.17) is 20.8 Å². The van der Waals surface area contributed by atoms with Crippen molar-refractivity contribution >= 4 is 35.2 Å². The Kier molecular flexibility index (Phi) is 7.08. The Morgan fingerprint density at radius 2 is 1.83 bits per heavy atom. The predicted octanol–water partition coefficient (Wildman–Crippen LogP) is 4.88. The van der Waals surface area contributed by atoms with Crippen LogP contribution in [0.15, 0.2) is 77.4 Å². The third-order valence-corrected chi connectivity index (χ3v) is 4.11.